The Morgan fingerprint density at radius 3 is 2.21 bits per heavy atom. The number of primary amides is 1. The minimum absolute atomic E-state index is 0.0699. The summed E-state index contributed by atoms with van der Waals surface area (Å²) in [6.45, 7) is 8.12. The first-order chi connectivity index (χ1) is 13.1. The minimum Gasteiger partial charge on any atom is -0.438 e. The van der Waals surface area contributed by atoms with Crippen LogP contribution in [-0.2, 0) is 10.3 Å². The number of nitrogens with two attached hydrogens (primary N) is 1. The highest BCUT2D eigenvalue weighted by molar-refractivity contribution is 5.93. The molecule has 1 aromatic heterocycles. The van der Waals surface area contributed by atoms with E-state index in [2.05, 4.69) is 31.0 Å². The number of ether oxygens (including phenoxy) is 1. The van der Waals surface area contributed by atoms with Gasteiger partial charge in [0.15, 0.2) is 0 Å². The molecule has 146 valence electrons. The summed E-state index contributed by atoms with van der Waals surface area (Å²) in [5.41, 5.74) is 6.59. The number of carbonyl (C=O) groups is 1. The Bertz CT molecular complexity index is 1060. The number of hydrogen-bond acceptors (Lipinski definition) is 4. The number of H-pyrrole nitrogens is 1. The summed E-state index contributed by atoms with van der Waals surface area (Å²) in [6.07, 6.45) is -0.189. The van der Waals surface area contributed by atoms with Gasteiger partial charge in [-0.15, -0.1) is 0 Å². The van der Waals surface area contributed by atoms with E-state index in [1.807, 2.05) is 49.4 Å². The number of hydrogen-bond donors (Lipinski definition) is 2. The van der Waals surface area contributed by atoms with Crippen LogP contribution >= 0.6 is 0 Å². The van der Waals surface area contributed by atoms with Crippen LogP contribution in [0.5, 0.6) is 0 Å². The molecule has 1 unspecified atom stereocenters. The van der Waals surface area contributed by atoms with Crippen LogP contribution in [0.15, 0.2) is 53.3 Å². The lowest BCUT2D eigenvalue weighted by Crippen LogP contribution is -2.35. The maximum absolute atomic E-state index is 12.0. The summed E-state index contributed by atoms with van der Waals surface area (Å²) in [6, 6.07) is 15.0. The number of carbonyl (C=O) groups excluding carboxylic acids is 1. The molecule has 0 aliphatic heterocycles. The van der Waals surface area contributed by atoms with Crippen LogP contribution < -0.4 is 11.3 Å². The molecule has 0 spiro atoms. The van der Waals surface area contributed by atoms with Crippen molar-refractivity contribution in [1.82, 2.24) is 10.2 Å². The number of nitrogens with one attached hydrogen (secondary N) is 1. The standard InChI is InChI=1S/C22H25N3O3/c1-21(2,3)13-22(4,28-20(23)27)15-11-9-14(10-12-15)18-16-7-5-6-8-17(16)19(26)25-24-18/h5-12H,13H2,1-4H3,(H2,23,27)(H,25,26). The summed E-state index contributed by atoms with van der Waals surface area (Å²) in [4.78, 5) is 23.5. The van der Waals surface area contributed by atoms with Gasteiger partial charge in [-0.3, -0.25) is 4.79 Å². The average Bonchev–Trinajstić information content (AvgIpc) is 2.60. The van der Waals surface area contributed by atoms with Crippen LogP contribution in [0.1, 0.15) is 39.7 Å². The number of amides is 1. The second-order valence-electron chi connectivity index (χ2n) is 8.41. The SMILES string of the molecule is CC(C)(C)CC(C)(OC(N)=O)c1ccc(-c2n[nH]c(=O)c3ccccc23)cc1. The molecule has 0 aliphatic carbocycles. The van der Waals surface area contributed by atoms with Crippen LogP contribution in [0.25, 0.3) is 22.0 Å². The van der Waals surface area contributed by atoms with Crippen molar-refractivity contribution in [3.63, 3.8) is 0 Å². The van der Waals surface area contributed by atoms with Gasteiger partial charge in [-0.1, -0.05) is 63.2 Å². The number of aromatic amines is 1. The van der Waals surface area contributed by atoms with Gasteiger partial charge in [0.25, 0.3) is 5.56 Å². The first kappa shape index (κ1) is 19.6. The molecular formula is C22H25N3O3. The maximum atomic E-state index is 12.0. The second-order valence-corrected chi connectivity index (χ2v) is 8.41. The zero-order valence-corrected chi connectivity index (χ0v) is 16.6. The largest absolute Gasteiger partial charge is 0.438 e. The van der Waals surface area contributed by atoms with E-state index in [0.717, 1.165) is 16.5 Å². The van der Waals surface area contributed by atoms with Crippen LogP contribution in [0, 0.1) is 5.41 Å². The average molecular weight is 379 g/mol. The number of aromatic nitrogens is 2. The molecule has 3 N–H and O–H groups in total. The first-order valence-electron chi connectivity index (χ1n) is 9.16. The summed E-state index contributed by atoms with van der Waals surface area (Å²) >= 11 is 0. The van der Waals surface area contributed by atoms with E-state index in [9.17, 15) is 9.59 Å². The van der Waals surface area contributed by atoms with Crippen LogP contribution in [-0.4, -0.2) is 16.3 Å². The lowest BCUT2D eigenvalue weighted by molar-refractivity contribution is -0.00297. The zero-order chi connectivity index (χ0) is 20.5. The van der Waals surface area contributed by atoms with Gasteiger partial charge in [-0.2, -0.15) is 5.10 Å². The van der Waals surface area contributed by atoms with E-state index in [1.165, 1.54) is 0 Å². The lowest BCUT2D eigenvalue weighted by Gasteiger charge is -2.35. The number of rotatable bonds is 4. The molecule has 1 amide bonds. The third kappa shape index (κ3) is 4.06. The van der Waals surface area contributed by atoms with Crippen molar-refractivity contribution in [2.24, 2.45) is 11.1 Å². The van der Waals surface area contributed by atoms with E-state index in [1.54, 1.807) is 6.07 Å². The molecule has 6 nitrogen and oxygen atoms in total. The third-order valence-electron chi connectivity index (χ3n) is 4.66. The van der Waals surface area contributed by atoms with Gasteiger partial charge >= 0.3 is 6.09 Å². The van der Waals surface area contributed by atoms with E-state index < -0.39 is 11.7 Å². The van der Waals surface area contributed by atoms with E-state index in [4.69, 9.17) is 10.5 Å². The molecule has 1 atom stereocenters. The number of nitrogens with zero attached hydrogens (tertiary/aromatic N) is 1. The molecule has 0 saturated carbocycles. The lowest BCUT2D eigenvalue weighted by atomic mass is 9.79. The van der Waals surface area contributed by atoms with Crippen molar-refractivity contribution in [3.8, 4) is 11.3 Å². The topological polar surface area (TPSA) is 98.1 Å². The first-order valence-corrected chi connectivity index (χ1v) is 9.16. The van der Waals surface area contributed by atoms with Crippen molar-refractivity contribution in [2.45, 2.75) is 39.7 Å². The van der Waals surface area contributed by atoms with E-state index in [0.29, 0.717) is 17.5 Å². The predicted molar refractivity (Wildman–Crippen MR) is 110 cm³/mol. The Kier molecular flexibility index (Phi) is 4.98. The Balaban J connectivity index is 2.05. The molecule has 2 aromatic carbocycles. The number of benzene rings is 2. The molecule has 3 aromatic rings. The fourth-order valence-electron chi connectivity index (χ4n) is 3.75. The fraction of sp³-hybridized carbons (Fsp3) is 0.318. The van der Waals surface area contributed by atoms with Gasteiger partial charge in [0, 0.05) is 10.9 Å². The summed E-state index contributed by atoms with van der Waals surface area (Å²) in [5, 5.41) is 8.16. The second kappa shape index (κ2) is 7.11. The highest BCUT2D eigenvalue weighted by Crippen LogP contribution is 2.38. The molecule has 0 fully saturated rings. The van der Waals surface area contributed by atoms with E-state index >= 15 is 0 Å². The monoisotopic (exact) mass is 379 g/mol. The zero-order valence-electron chi connectivity index (χ0n) is 16.6. The molecule has 0 bridgehead atoms. The molecule has 0 aliphatic rings. The highest BCUT2D eigenvalue weighted by Gasteiger charge is 2.35. The smallest absolute Gasteiger partial charge is 0.405 e. The van der Waals surface area contributed by atoms with Gasteiger partial charge < -0.3 is 10.5 Å². The predicted octanol–water partition coefficient (Wildman–Crippen LogP) is 4.34. The van der Waals surface area contributed by atoms with Crippen molar-refractivity contribution >= 4 is 16.9 Å². The Morgan fingerprint density at radius 2 is 1.64 bits per heavy atom. The van der Waals surface area contributed by atoms with Gasteiger partial charge in [-0.05, 0) is 30.4 Å². The third-order valence-corrected chi connectivity index (χ3v) is 4.66. The van der Waals surface area contributed by atoms with Crippen molar-refractivity contribution in [2.75, 3.05) is 0 Å². The van der Waals surface area contributed by atoms with Crippen LogP contribution in [0.2, 0.25) is 0 Å². The van der Waals surface area contributed by atoms with Crippen molar-refractivity contribution < 1.29 is 9.53 Å². The summed E-state index contributed by atoms with van der Waals surface area (Å²) in [5.74, 6) is 0. The van der Waals surface area contributed by atoms with Crippen molar-refractivity contribution in [1.29, 1.82) is 0 Å². The van der Waals surface area contributed by atoms with Gasteiger partial charge in [-0.25, -0.2) is 9.89 Å². The highest BCUT2D eigenvalue weighted by atomic mass is 16.6. The fourth-order valence-corrected chi connectivity index (χ4v) is 3.75. The molecule has 1 heterocycles. The quantitative estimate of drug-likeness (QED) is 0.704. The normalized spacial score (nSPS) is 13.9. The van der Waals surface area contributed by atoms with Crippen LogP contribution in [0.4, 0.5) is 4.79 Å². The molecule has 6 heteroatoms. The Morgan fingerprint density at radius 1 is 1.04 bits per heavy atom. The molecule has 3 rings (SSSR count). The molecular weight excluding hydrogens is 354 g/mol. The summed E-state index contributed by atoms with van der Waals surface area (Å²) < 4.78 is 5.51. The van der Waals surface area contributed by atoms with Gasteiger partial charge in [0.2, 0.25) is 0 Å². The maximum Gasteiger partial charge on any atom is 0.405 e. The van der Waals surface area contributed by atoms with Crippen molar-refractivity contribution in [3.05, 3.63) is 64.4 Å². The van der Waals surface area contributed by atoms with Gasteiger partial charge in [0.1, 0.15) is 5.60 Å². The van der Waals surface area contributed by atoms with E-state index in [-0.39, 0.29) is 11.0 Å². The molecule has 28 heavy (non-hydrogen) atoms. The Hall–Kier alpha value is -3.15. The molecule has 0 radical (unpaired) electrons. The van der Waals surface area contributed by atoms with Crippen LogP contribution in [0.3, 0.4) is 0 Å². The Labute approximate surface area is 163 Å². The number of fused-ring (bicyclic) bond motifs is 1. The van der Waals surface area contributed by atoms with Gasteiger partial charge in [0.05, 0.1) is 11.1 Å². The minimum atomic E-state index is -0.844. The summed E-state index contributed by atoms with van der Waals surface area (Å²) in [7, 11) is 0. The molecule has 0 saturated heterocycles.